The van der Waals surface area contributed by atoms with Crippen molar-refractivity contribution in [2.45, 2.75) is 18.3 Å². The molecule has 2 N–H and O–H groups in total. The summed E-state index contributed by atoms with van der Waals surface area (Å²) in [6, 6.07) is 9.93. The number of aromatic nitrogens is 1. The molecule has 1 aliphatic carbocycles. The Kier molecular flexibility index (Phi) is 1.78. The van der Waals surface area contributed by atoms with Gasteiger partial charge in [0.15, 0.2) is 0 Å². The lowest BCUT2D eigenvalue weighted by Crippen LogP contribution is -2.29. The first-order valence-electron chi connectivity index (χ1n) is 5.38. The molecule has 1 heterocycles. The van der Waals surface area contributed by atoms with Crippen molar-refractivity contribution in [1.29, 1.82) is 0 Å². The molecule has 3 rings (SSSR count). The highest BCUT2D eigenvalue weighted by Gasteiger charge is 2.52. The molecule has 1 aromatic carbocycles. The average molecular weight is 212 g/mol. The van der Waals surface area contributed by atoms with Gasteiger partial charge in [0.25, 0.3) is 0 Å². The fraction of sp³-hybridized carbons (Fsp3) is 0.231. The van der Waals surface area contributed by atoms with Crippen LogP contribution in [0.2, 0.25) is 0 Å². The zero-order chi connectivity index (χ0) is 11.2. The first-order chi connectivity index (χ1) is 7.74. The summed E-state index contributed by atoms with van der Waals surface area (Å²) in [7, 11) is 0. The molecular weight excluding hydrogens is 200 g/mol. The van der Waals surface area contributed by atoms with Crippen LogP contribution in [0.4, 0.5) is 0 Å². The Balaban J connectivity index is 2.29. The van der Waals surface area contributed by atoms with Crippen LogP contribution in [0.3, 0.4) is 0 Å². The van der Waals surface area contributed by atoms with Gasteiger partial charge in [0.1, 0.15) is 0 Å². The third kappa shape index (κ3) is 1.14. The minimum Gasteiger partial charge on any atom is -0.369 e. The highest BCUT2D eigenvalue weighted by atomic mass is 16.1. The molecule has 0 saturated heterocycles. The van der Waals surface area contributed by atoms with Gasteiger partial charge in [-0.2, -0.15) is 0 Å². The number of amides is 1. The monoisotopic (exact) mass is 212 g/mol. The SMILES string of the molecule is NC(=O)C1(c2nccc3ccccc23)CC1. The molecule has 3 nitrogen and oxygen atoms in total. The summed E-state index contributed by atoms with van der Waals surface area (Å²) in [6.07, 6.45) is 3.40. The first kappa shape index (κ1) is 9.33. The summed E-state index contributed by atoms with van der Waals surface area (Å²) in [5, 5.41) is 2.15. The second kappa shape index (κ2) is 3.04. The van der Waals surface area contributed by atoms with Crippen LogP contribution in [-0.4, -0.2) is 10.9 Å². The van der Waals surface area contributed by atoms with Crippen molar-refractivity contribution in [3.63, 3.8) is 0 Å². The Morgan fingerprint density at radius 2 is 2.00 bits per heavy atom. The molecule has 0 aliphatic heterocycles. The van der Waals surface area contributed by atoms with E-state index >= 15 is 0 Å². The van der Waals surface area contributed by atoms with Gasteiger partial charge < -0.3 is 5.73 Å². The van der Waals surface area contributed by atoms with Crippen LogP contribution in [0.1, 0.15) is 18.5 Å². The zero-order valence-electron chi connectivity index (χ0n) is 8.81. The summed E-state index contributed by atoms with van der Waals surface area (Å²) in [4.78, 5) is 15.9. The lowest BCUT2D eigenvalue weighted by Gasteiger charge is -2.12. The van der Waals surface area contributed by atoms with Crippen molar-refractivity contribution < 1.29 is 4.79 Å². The van der Waals surface area contributed by atoms with Gasteiger partial charge in [0, 0.05) is 11.6 Å². The van der Waals surface area contributed by atoms with Gasteiger partial charge >= 0.3 is 0 Å². The number of benzene rings is 1. The van der Waals surface area contributed by atoms with Gasteiger partial charge in [-0.1, -0.05) is 24.3 Å². The van der Waals surface area contributed by atoms with E-state index in [1.807, 2.05) is 30.3 Å². The molecule has 1 aromatic heterocycles. The summed E-state index contributed by atoms with van der Waals surface area (Å²) >= 11 is 0. The highest BCUT2D eigenvalue weighted by molar-refractivity contribution is 5.96. The van der Waals surface area contributed by atoms with Gasteiger partial charge in [0.05, 0.1) is 11.1 Å². The highest BCUT2D eigenvalue weighted by Crippen LogP contribution is 2.48. The summed E-state index contributed by atoms with van der Waals surface area (Å²) in [6.45, 7) is 0. The summed E-state index contributed by atoms with van der Waals surface area (Å²) in [5.74, 6) is -0.253. The van der Waals surface area contributed by atoms with E-state index in [9.17, 15) is 4.79 Å². The Labute approximate surface area is 93.3 Å². The Hall–Kier alpha value is -1.90. The number of primary amides is 1. The zero-order valence-corrected chi connectivity index (χ0v) is 8.81. The fourth-order valence-corrected chi connectivity index (χ4v) is 2.23. The minimum absolute atomic E-state index is 0.253. The molecule has 1 saturated carbocycles. The summed E-state index contributed by atoms with van der Waals surface area (Å²) in [5.41, 5.74) is 5.82. The molecule has 1 amide bonds. The van der Waals surface area contributed by atoms with Crippen molar-refractivity contribution in [2.75, 3.05) is 0 Å². The maximum absolute atomic E-state index is 11.5. The minimum atomic E-state index is -0.499. The second-order valence-corrected chi connectivity index (χ2v) is 4.33. The Bertz CT molecular complexity index is 568. The van der Waals surface area contributed by atoms with Crippen LogP contribution in [0.25, 0.3) is 10.8 Å². The predicted octanol–water partition coefficient (Wildman–Crippen LogP) is 1.75. The van der Waals surface area contributed by atoms with E-state index in [0.29, 0.717) is 0 Å². The van der Waals surface area contributed by atoms with Crippen molar-refractivity contribution >= 4 is 16.7 Å². The first-order valence-corrected chi connectivity index (χ1v) is 5.38. The number of hydrogen-bond acceptors (Lipinski definition) is 2. The van der Waals surface area contributed by atoms with Crippen molar-refractivity contribution in [3.05, 3.63) is 42.2 Å². The molecule has 16 heavy (non-hydrogen) atoms. The quantitative estimate of drug-likeness (QED) is 0.824. The predicted molar refractivity (Wildman–Crippen MR) is 61.8 cm³/mol. The standard InChI is InChI=1S/C13H12N2O/c14-12(16)13(6-7-13)11-10-4-2-1-3-9(10)5-8-15-11/h1-5,8H,6-7H2,(H2,14,16). The Morgan fingerprint density at radius 1 is 1.25 bits per heavy atom. The molecule has 80 valence electrons. The van der Waals surface area contributed by atoms with Gasteiger partial charge in [-0.15, -0.1) is 0 Å². The lowest BCUT2D eigenvalue weighted by molar-refractivity contribution is -0.120. The number of nitrogens with two attached hydrogens (primary N) is 1. The largest absolute Gasteiger partial charge is 0.369 e. The molecule has 1 aliphatic rings. The van der Waals surface area contributed by atoms with Crippen LogP contribution >= 0.6 is 0 Å². The van der Waals surface area contributed by atoms with E-state index in [2.05, 4.69) is 4.98 Å². The van der Waals surface area contributed by atoms with E-state index in [-0.39, 0.29) is 5.91 Å². The molecule has 0 atom stereocenters. The molecule has 3 heteroatoms. The molecule has 0 radical (unpaired) electrons. The molecular formula is C13H12N2O. The van der Waals surface area contributed by atoms with Crippen LogP contribution in [0.5, 0.6) is 0 Å². The third-order valence-corrected chi connectivity index (χ3v) is 3.35. The van der Waals surface area contributed by atoms with Gasteiger partial charge in [-0.05, 0) is 24.3 Å². The van der Waals surface area contributed by atoms with Crippen LogP contribution in [0.15, 0.2) is 36.5 Å². The maximum atomic E-state index is 11.5. The number of nitrogens with zero attached hydrogens (tertiary/aromatic N) is 1. The van der Waals surface area contributed by atoms with Gasteiger partial charge in [-0.3, -0.25) is 9.78 Å². The topological polar surface area (TPSA) is 56.0 Å². The van der Waals surface area contributed by atoms with E-state index in [0.717, 1.165) is 29.3 Å². The third-order valence-electron chi connectivity index (χ3n) is 3.35. The normalized spacial score (nSPS) is 17.2. The lowest BCUT2D eigenvalue weighted by atomic mass is 9.96. The average Bonchev–Trinajstić information content (AvgIpc) is 3.09. The molecule has 0 bridgehead atoms. The van der Waals surface area contributed by atoms with Crippen LogP contribution in [0, 0.1) is 0 Å². The van der Waals surface area contributed by atoms with E-state index < -0.39 is 5.41 Å². The second-order valence-electron chi connectivity index (χ2n) is 4.33. The van der Waals surface area contributed by atoms with Gasteiger partial charge in [0.2, 0.25) is 5.91 Å². The number of rotatable bonds is 2. The fourth-order valence-electron chi connectivity index (χ4n) is 2.23. The summed E-state index contributed by atoms with van der Waals surface area (Å²) < 4.78 is 0. The van der Waals surface area contributed by atoms with Crippen molar-refractivity contribution in [3.8, 4) is 0 Å². The smallest absolute Gasteiger partial charge is 0.229 e. The van der Waals surface area contributed by atoms with Crippen LogP contribution in [-0.2, 0) is 10.2 Å². The van der Waals surface area contributed by atoms with E-state index in [4.69, 9.17) is 5.73 Å². The Morgan fingerprint density at radius 3 is 2.69 bits per heavy atom. The van der Waals surface area contributed by atoms with Crippen LogP contribution < -0.4 is 5.73 Å². The van der Waals surface area contributed by atoms with Gasteiger partial charge in [-0.25, -0.2) is 0 Å². The maximum Gasteiger partial charge on any atom is 0.229 e. The van der Waals surface area contributed by atoms with Crippen molar-refractivity contribution in [2.24, 2.45) is 5.73 Å². The van der Waals surface area contributed by atoms with E-state index in [1.165, 1.54) is 0 Å². The number of pyridine rings is 1. The molecule has 1 fully saturated rings. The molecule has 0 unspecified atom stereocenters. The van der Waals surface area contributed by atoms with Crippen molar-refractivity contribution in [1.82, 2.24) is 4.98 Å². The molecule has 0 spiro atoms. The number of fused-ring (bicyclic) bond motifs is 1. The number of carbonyl (C=O) groups is 1. The number of hydrogen-bond donors (Lipinski definition) is 1. The molecule has 2 aromatic rings. The number of carbonyl (C=O) groups excluding carboxylic acids is 1. The van der Waals surface area contributed by atoms with E-state index in [1.54, 1.807) is 6.20 Å².